The third-order valence-electron chi connectivity index (χ3n) is 7.61. The van der Waals surface area contributed by atoms with E-state index in [0.29, 0.717) is 51.1 Å². The van der Waals surface area contributed by atoms with Crippen molar-refractivity contribution in [2.45, 2.75) is 81.4 Å². The summed E-state index contributed by atoms with van der Waals surface area (Å²) in [7, 11) is 0. The van der Waals surface area contributed by atoms with Crippen LogP contribution in [0.4, 0.5) is 32.4 Å². The first-order chi connectivity index (χ1) is 18.3. The first kappa shape index (κ1) is 32.4. The number of hydrogen-bond donors (Lipinski definition) is 1. The van der Waals surface area contributed by atoms with Crippen LogP contribution in [-0.2, 0) is 15.7 Å². The summed E-state index contributed by atoms with van der Waals surface area (Å²) < 4.78 is 75.6. The van der Waals surface area contributed by atoms with Crippen LogP contribution in [-0.4, -0.2) is 58.8 Å². The van der Waals surface area contributed by atoms with Crippen molar-refractivity contribution in [3.8, 4) is 6.07 Å². The van der Waals surface area contributed by atoms with Gasteiger partial charge < -0.3 is 10.1 Å². The van der Waals surface area contributed by atoms with Gasteiger partial charge in [-0.15, -0.1) is 12.4 Å². The van der Waals surface area contributed by atoms with E-state index >= 15 is 0 Å². The number of nitriles is 1. The van der Waals surface area contributed by atoms with E-state index in [2.05, 4.69) is 5.32 Å². The van der Waals surface area contributed by atoms with Gasteiger partial charge in [-0.2, -0.15) is 18.4 Å². The molecule has 0 spiro atoms. The lowest BCUT2D eigenvalue weighted by Gasteiger charge is -2.34. The number of nitrogens with one attached hydrogen (secondary N) is 1. The quantitative estimate of drug-likeness (QED) is 0.226. The molecule has 4 rings (SSSR count). The molecule has 40 heavy (non-hydrogen) atoms. The molecule has 0 radical (unpaired) electrons. The van der Waals surface area contributed by atoms with Crippen molar-refractivity contribution < 1.29 is 36.3 Å². The van der Waals surface area contributed by atoms with Crippen molar-refractivity contribution in [3.05, 3.63) is 29.3 Å². The lowest BCUT2D eigenvalue weighted by atomic mass is 9.91. The number of anilines is 1. The first-order valence-electron chi connectivity index (χ1n) is 12.9. The molecule has 2 saturated heterocycles. The van der Waals surface area contributed by atoms with Gasteiger partial charge in [0.05, 0.1) is 35.5 Å². The van der Waals surface area contributed by atoms with E-state index < -0.39 is 46.6 Å². The molecule has 1 unspecified atom stereocenters. The molecule has 7 nitrogen and oxygen atoms in total. The minimum absolute atomic E-state index is 0. The smallest absolute Gasteiger partial charge is 0.378 e. The third kappa shape index (κ3) is 6.66. The standard InChI is InChI=1S/C26H31F5N4O3S.ClH/c1-24(2)22(36)34(18-4-3-16(14-32)21(13-18)26(29,30)31)23(37)35(24)39-20-7-5-19(6-8-20)38-12-10-17-9-11-33-15-25(17,27)28;/h3-4,13,17,19-20,33H,5-12,15H2,1-2H3;1H. The minimum Gasteiger partial charge on any atom is -0.378 e. The number of alkyl halides is 5. The lowest BCUT2D eigenvalue weighted by Crippen LogP contribution is -2.46. The molecule has 0 bridgehead atoms. The van der Waals surface area contributed by atoms with Crippen LogP contribution in [0.1, 0.15) is 63.5 Å². The maximum Gasteiger partial charge on any atom is 0.417 e. The average molecular weight is 611 g/mol. The van der Waals surface area contributed by atoms with Crippen LogP contribution in [0, 0.1) is 17.2 Å². The summed E-state index contributed by atoms with van der Waals surface area (Å²) in [5, 5.41) is 11.7. The zero-order valence-corrected chi connectivity index (χ0v) is 23.7. The van der Waals surface area contributed by atoms with Gasteiger partial charge in [0.25, 0.3) is 11.8 Å². The zero-order valence-electron chi connectivity index (χ0n) is 22.1. The number of hydrogen-bond acceptors (Lipinski definition) is 6. The van der Waals surface area contributed by atoms with E-state index in [4.69, 9.17) is 10.00 Å². The monoisotopic (exact) mass is 610 g/mol. The molecular weight excluding hydrogens is 579 g/mol. The average Bonchev–Trinajstić information content (AvgIpc) is 3.04. The van der Waals surface area contributed by atoms with Crippen LogP contribution in [0.3, 0.4) is 0 Å². The highest BCUT2D eigenvalue weighted by Gasteiger charge is 2.53. The molecule has 222 valence electrons. The maximum absolute atomic E-state index is 14.0. The van der Waals surface area contributed by atoms with E-state index in [-0.39, 0.29) is 42.6 Å². The van der Waals surface area contributed by atoms with E-state index in [9.17, 15) is 31.5 Å². The number of imide groups is 1. The van der Waals surface area contributed by atoms with Gasteiger partial charge in [0.2, 0.25) is 0 Å². The number of carbonyl (C=O) groups excluding carboxylic acids is 2. The number of halogens is 6. The number of carbonyl (C=O) groups is 2. The van der Waals surface area contributed by atoms with E-state index in [1.54, 1.807) is 13.8 Å². The summed E-state index contributed by atoms with van der Waals surface area (Å²) in [6.07, 6.45) is -1.51. The number of benzene rings is 1. The summed E-state index contributed by atoms with van der Waals surface area (Å²) in [6, 6.07) is 3.52. The summed E-state index contributed by atoms with van der Waals surface area (Å²) in [6.45, 7) is 3.61. The lowest BCUT2D eigenvalue weighted by molar-refractivity contribution is -0.137. The highest BCUT2D eigenvalue weighted by molar-refractivity contribution is 7.98. The highest BCUT2D eigenvalue weighted by atomic mass is 35.5. The highest BCUT2D eigenvalue weighted by Crippen LogP contribution is 2.43. The fourth-order valence-electron chi connectivity index (χ4n) is 5.26. The van der Waals surface area contributed by atoms with Crippen LogP contribution < -0.4 is 10.2 Å². The second-order valence-corrected chi connectivity index (χ2v) is 11.9. The van der Waals surface area contributed by atoms with Crippen LogP contribution in [0.15, 0.2) is 18.2 Å². The maximum atomic E-state index is 14.0. The largest absolute Gasteiger partial charge is 0.417 e. The number of urea groups is 1. The van der Waals surface area contributed by atoms with Gasteiger partial charge in [0.15, 0.2) is 0 Å². The van der Waals surface area contributed by atoms with Gasteiger partial charge in [-0.05, 0) is 89.1 Å². The third-order valence-corrected chi connectivity index (χ3v) is 9.20. The van der Waals surface area contributed by atoms with E-state index in [1.807, 2.05) is 0 Å². The predicted octanol–water partition coefficient (Wildman–Crippen LogP) is 6.16. The van der Waals surface area contributed by atoms with Crippen molar-refractivity contribution in [1.29, 1.82) is 5.26 Å². The van der Waals surface area contributed by atoms with Crippen LogP contribution >= 0.6 is 24.4 Å². The van der Waals surface area contributed by atoms with Gasteiger partial charge in [0.1, 0.15) is 5.54 Å². The van der Waals surface area contributed by atoms with Crippen LogP contribution in [0.5, 0.6) is 0 Å². The fraction of sp³-hybridized carbons (Fsp3) is 0.654. The molecule has 1 atom stereocenters. The van der Waals surface area contributed by atoms with Gasteiger partial charge in [-0.1, -0.05) is 0 Å². The normalized spacial score (nSPS) is 26.4. The molecule has 1 aromatic rings. The Hall–Kier alpha value is -2.14. The second-order valence-electron chi connectivity index (χ2n) is 10.7. The Balaban J connectivity index is 0.00000441. The molecule has 1 saturated carbocycles. The van der Waals surface area contributed by atoms with Gasteiger partial charge in [0, 0.05) is 17.8 Å². The topological polar surface area (TPSA) is 85.7 Å². The van der Waals surface area contributed by atoms with Crippen LogP contribution in [0.2, 0.25) is 0 Å². The Morgan fingerprint density at radius 2 is 1.82 bits per heavy atom. The van der Waals surface area contributed by atoms with Gasteiger partial charge in [-0.3, -0.25) is 9.10 Å². The number of ether oxygens (including phenoxy) is 1. The summed E-state index contributed by atoms with van der Waals surface area (Å²) in [4.78, 5) is 27.2. The molecule has 1 aliphatic carbocycles. The van der Waals surface area contributed by atoms with Crippen molar-refractivity contribution in [2.24, 2.45) is 5.92 Å². The molecule has 0 aromatic heterocycles. The Morgan fingerprint density at radius 3 is 2.42 bits per heavy atom. The SMILES string of the molecule is CC1(C)C(=O)N(c2ccc(C#N)c(C(F)(F)F)c2)C(=O)N1SC1CCC(OCCC2CCNCC2(F)F)CC1.Cl. The molecule has 3 amide bonds. The van der Waals surface area contributed by atoms with E-state index in [0.717, 1.165) is 17.0 Å². The summed E-state index contributed by atoms with van der Waals surface area (Å²) >= 11 is 1.20. The van der Waals surface area contributed by atoms with Crippen molar-refractivity contribution in [3.63, 3.8) is 0 Å². The number of amides is 3. The van der Waals surface area contributed by atoms with Crippen molar-refractivity contribution in [1.82, 2.24) is 9.62 Å². The molecule has 2 aliphatic heterocycles. The molecular formula is C26H32ClF5N4O3S. The molecule has 14 heteroatoms. The molecule has 1 N–H and O–H groups in total. The van der Waals surface area contributed by atoms with Crippen molar-refractivity contribution in [2.75, 3.05) is 24.6 Å². The molecule has 3 aliphatic rings. The fourth-order valence-corrected chi connectivity index (χ4v) is 6.55. The number of piperidine rings is 1. The van der Waals surface area contributed by atoms with Crippen LogP contribution in [0.25, 0.3) is 0 Å². The Bertz CT molecular complexity index is 1140. The predicted molar refractivity (Wildman–Crippen MR) is 142 cm³/mol. The van der Waals surface area contributed by atoms with Crippen molar-refractivity contribution >= 4 is 42.0 Å². The van der Waals surface area contributed by atoms with Gasteiger partial charge in [-0.25, -0.2) is 18.5 Å². The Labute approximate surface area is 240 Å². The summed E-state index contributed by atoms with van der Waals surface area (Å²) in [5.41, 5.74) is -3.36. The number of rotatable bonds is 7. The molecule has 1 aromatic carbocycles. The van der Waals surface area contributed by atoms with Gasteiger partial charge >= 0.3 is 12.2 Å². The second kappa shape index (κ2) is 12.4. The Morgan fingerprint density at radius 1 is 1.15 bits per heavy atom. The Kier molecular flexibility index (Phi) is 10.0. The zero-order chi connectivity index (χ0) is 28.6. The molecule has 2 heterocycles. The molecule has 3 fully saturated rings. The summed E-state index contributed by atoms with van der Waals surface area (Å²) in [5.74, 6) is -4.09. The minimum atomic E-state index is -4.83. The first-order valence-corrected chi connectivity index (χ1v) is 13.8. The number of nitrogens with zero attached hydrogens (tertiary/aromatic N) is 3. The van der Waals surface area contributed by atoms with E-state index in [1.165, 1.54) is 22.3 Å².